The van der Waals surface area contributed by atoms with Crippen molar-refractivity contribution in [2.45, 2.75) is 19.4 Å². The van der Waals surface area contributed by atoms with Crippen molar-refractivity contribution < 1.29 is 9.53 Å². The van der Waals surface area contributed by atoms with E-state index in [0.717, 1.165) is 37.7 Å². The van der Waals surface area contributed by atoms with Crippen LogP contribution in [0.25, 0.3) is 0 Å². The van der Waals surface area contributed by atoms with Crippen LogP contribution in [-0.4, -0.2) is 68.3 Å². The number of nitrogens with one attached hydrogen (secondary N) is 1. The van der Waals surface area contributed by atoms with Crippen molar-refractivity contribution in [1.82, 2.24) is 15.2 Å². The first-order chi connectivity index (χ1) is 10.2. The van der Waals surface area contributed by atoms with Gasteiger partial charge in [0, 0.05) is 58.0 Å². The third-order valence-electron chi connectivity index (χ3n) is 3.76. The normalized spacial score (nSPS) is 17.7. The molecule has 0 radical (unpaired) electrons. The molecule has 1 aliphatic rings. The largest absolute Gasteiger partial charge is 0.385 e. The summed E-state index contributed by atoms with van der Waals surface area (Å²) in [6.07, 6.45) is 2.69. The molecule has 1 amide bonds. The Hall–Kier alpha value is -1.18. The molecule has 1 aliphatic heterocycles. The van der Waals surface area contributed by atoms with Gasteiger partial charge in [-0.05, 0) is 13.3 Å². The van der Waals surface area contributed by atoms with Crippen molar-refractivity contribution in [2.24, 2.45) is 0 Å². The van der Waals surface area contributed by atoms with E-state index in [-0.39, 0.29) is 11.9 Å². The van der Waals surface area contributed by atoms with Gasteiger partial charge >= 0.3 is 0 Å². The quantitative estimate of drug-likeness (QED) is 0.755. The van der Waals surface area contributed by atoms with Crippen LogP contribution in [0, 0.1) is 0 Å². The second kappa shape index (κ2) is 8.31. The van der Waals surface area contributed by atoms with Crippen LogP contribution < -0.4 is 10.2 Å². The molecule has 0 aromatic carbocycles. The second-order valence-electron chi connectivity index (χ2n) is 5.15. The van der Waals surface area contributed by atoms with E-state index in [9.17, 15) is 4.79 Å². The topological polar surface area (TPSA) is 57.7 Å². The smallest absolute Gasteiger partial charge is 0.237 e. The van der Waals surface area contributed by atoms with Crippen LogP contribution in [0.4, 0.5) is 5.13 Å². The number of thiazole rings is 1. The van der Waals surface area contributed by atoms with Gasteiger partial charge in [-0.25, -0.2) is 4.98 Å². The van der Waals surface area contributed by atoms with Crippen LogP contribution in [0.15, 0.2) is 11.6 Å². The van der Waals surface area contributed by atoms with Crippen LogP contribution in [0.5, 0.6) is 0 Å². The van der Waals surface area contributed by atoms with Crippen molar-refractivity contribution in [1.29, 1.82) is 0 Å². The highest BCUT2D eigenvalue weighted by Crippen LogP contribution is 2.19. The number of hydrogen-bond acceptors (Lipinski definition) is 6. The minimum atomic E-state index is -0.0778. The van der Waals surface area contributed by atoms with Gasteiger partial charge in [0.1, 0.15) is 0 Å². The summed E-state index contributed by atoms with van der Waals surface area (Å²) >= 11 is 1.67. The highest BCUT2D eigenvalue weighted by Gasteiger charge is 2.25. The third kappa shape index (κ3) is 4.66. The molecule has 0 spiro atoms. The average Bonchev–Trinajstić information content (AvgIpc) is 3.05. The van der Waals surface area contributed by atoms with E-state index in [4.69, 9.17) is 4.74 Å². The number of ether oxygens (including phenoxy) is 1. The van der Waals surface area contributed by atoms with E-state index >= 15 is 0 Å². The zero-order valence-corrected chi connectivity index (χ0v) is 13.6. The lowest BCUT2D eigenvalue weighted by Crippen LogP contribution is -2.54. The molecular weight excluding hydrogens is 288 g/mol. The Bertz CT molecular complexity index is 419. The van der Waals surface area contributed by atoms with Gasteiger partial charge in [0.2, 0.25) is 5.91 Å². The highest BCUT2D eigenvalue weighted by molar-refractivity contribution is 7.13. The maximum absolute atomic E-state index is 12.1. The highest BCUT2D eigenvalue weighted by atomic mass is 32.1. The SMILES string of the molecule is COCCCNC(=O)C(C)N1CCN(c2nccs2)CC1. The Morgan fingerprint density at radius 2 is 2.24 bits per heavy atom. The summed E-state index contributed by atoms with van der Waals surface area (Å²) in [5, 5.41) is 6.04. The summed E-state index contributed by atoms with van der Waals surface area (Å²) in [5.74, 6) is 0.105. The number of aromatic nitrogens is 1. The van der Waals surface area contributed by atoms with Crippen molar-refractivity contribution in [3.63, 3.8) is 0 Å². The Kier molecular flexibility index (Phi) is 6.41. The van der Waals surface area contributed by atoms with Crippen LogP contribution in [-0.2, 0) is 9.53 Å². The van der Waals surface area contributed by atoms with Gasteiger partial charge in [-0.3, -0.25) is 9.69 Å². The number of carbonyl (C=O) groups is 1. The third-order valence-corrected chi connectivity index (χ3v) is 4.59. The maximum Gasteiger partial charge on any atom is 0.237 e. The number of nitrogens with zero attached hydrogens (tertiary/aromatic N) is 3. The van der Waals surface area contributed by atoms with Crippen LogP contribution in [0.1, 0.15) is 13.3 Å². The molecule has 1 fully saturated rings. The molecule has 0 saturated carbocycles. The van der Waals surface area contributed by atoms with Crippen molar-refractivity contribution in [2.75, 3.05) is 51.3 Å². The van der Waals surface area contributed by atoms with E-state index in [1.807, 2.05) is 18.5 Å². The number of anilines is 1. The number of carbonyl (C=O) groups excluding carboxylic acids is 1. The van der Waals surface area contributed by atoms with E-state index in [1.54, 1.807) is 18.4 Å². The molecule has 1 atom stereocenters. The summed E-state index contributed by atoms with van der Waals surface area (Å²) in [7, 11) is 1.67. The first kappa shape index (κ1) is 16.2. The summed E-state index contributed by atoms with van der Waals surface area (Å²) < 4.78 is 4.98. The Labute approximate surface area is 130 Å². The number of methoxy groups -OCH3 is 1. The standard InChI is InChI=1S/C14H24N4O2S/c1-12(13(19)15-4-3-10-20-2)17-6-8-18(9-7-17)14-16-5-11-21-14/h5,11-12H,3-4,6-10H2,1-2H3,(H,15,19). The van der Waals surface area contributed by atoms with Gasteiger partial charge in [0.05, 0.1) is 6.04 Å². The van der Waals surface area contributed by atoms with E-state index in [2.05, 4.69) is 20.1 Å². The molecular formula is C14H24N4O2S. The van der Waals surface area contributed by atoms with Crippen LogP contribution in [0.2, 0.25) is 0 Å². The second-order valence-corrected chi connectivity index (χ2v) is 6.02. The molecule has 1 unspecified atom stereocenters. The van der Waals surface area contributed by atoms with E-state index < -0.39 is 0 Å². The van der Waals surface area contributed by atoms with Crippen LogP contribution >= 0.6 is 11.3 Å². The minimum absolute atomic E-state index is 0.0778. The lowest BCUT2D eigenvalue weighted by Gasteiger charge is -2.37. The van der Waals surface area contributed by atoms with E-state index in [1.165, 1.54) is 0 Å². The minimum Gasteiger partial charge on any atom is -0.385 e. The monoisotopic (exact) mass is 312 g/mol. The molecule has 1 N–H and O–H groups in total. The molecule has 1 aromatic rings. The van der Waals surface area contributed by atoms with Crippen molar-refractivity contribution in [3.05, 3.63) is 11.6 Å². The molecule has 1 aromatic heterocycles. The number of amides is 1. The van der Waals surface area contributed by atoms with E-state index in [0.29, 0.717) is 13.2 Å². The maximum atomic E-state index is 12.1. The Morgan fingerprint density at radius 3 is 2.86 bits per heavy atom. The van der Waals surface area contributed by atoms with Gasteiger partial charge < -0.3 is 15.0 Å². The molecule has 2 heterocycles. The first-order valence-corrected chi connectivity index (χ1v) is 8.25. The van der Waals surface area contributed by atoms with Gasteiger partial charge in [0.25, 0.3) is 0 Å². The average molecular weight is 312 g/mol. The zero-order chi connectivity index (χ0) is 15.1. The fraction of sp³-hybridized carbons (Fsp3) is 0.714. The van der Waals surface area contributed by atoms with Gasteiger partial charge in [0.15, 0.2) is 5.13 Å². The Balaban J connectivity index is 1.72. The predicted octanol–water partition coefficient (Wildman–Crippen LogP) is 0.806. The fourth-order valence-electron chi connectivity index (χ4n) is 2.41. The number of rotatable bonds is 7. The molecule has 1 saturated heterocycles. The molecule has 6 nitrogen and oxygen atoms in total. The zero-order valence-electron chi connectivity index (χ0n) is 12.7. The first-order valence-electron chi connectivity index (χ1n) is 7.37. The molecule has 21 heavy (non-hydrogen) atoms. The summed E-state index contributed by atoms with van der Waals surface area (Å²) in [6.45, 7) is 6.98. The molecule has 118 valence electrons. The summed E-state index contributed by atoms with van der Waals surface area (Å²) in [6, 6.07) is -0.0778. The molecule has 2 rings (SSSR count). The lowest BCUT2D eigenvalue weighted by atomic mass is 10.2. The fourth-order valence-corrected chi connectivity index (χ4v) is 3.11. The molecule has 7 heteroatoms. The van der Waals surface area contributed by atoms with Gasteiger partial charge in [-0.15, -0.1) is 11.3 Å². The Morgan fingerprint density at radius 1 is 1.48 bits per heavy atom. The molecule has 0 bridgehead atoms. The summed E-state index contributed by atoms with van der Waals surface area (Å²) in [4.78, 5) is 20.9. The summed E-state index contributed by atoms with van der Waals surface area (Å²) in [5.41, 5.74) is 0. The number of hydrogen-bond donors (Lipinski definition) is 1. The van der Waals surface area contributed by atoms with Gasteiger partial charge in [-0.2, -0.15) is 0 Å². The van der Waals surface area contributed by atoms with Crippen molar-refractivity contribution in [3.8, 4) is 0 Å². The number of piperazine rings is 1. The van der Waals surface area contributed by atoms with Crippen LogP contribution in [0.3, 0.4) is 0 Å². The van der Waals surface area contributed by atoms with Crippen molar-refractivity contribution >= 4 is 22.4 Å². The lowest BCUT2D eigenvalue weighted by molar-refractivity contribution is -0.126. The molecule has 0 aliphatic carbocycles. The van der Waals surface area contributed by atoms with Gasteiger partial charge in [-0.1, -0.05) is 0 Å². The predicted molar refractivity (Wildman–Crippen MR) is 84.9 cm³/mol.